The molecular weight excluding hydrogens is 755 g/mol. The smallest absolute Gasteiger partial charge is 0.220 e. The van der Waals surface area contributed by atoms with E-state index in [1.54, 1.807) is 0 Å². The molecular formula is C51H99NO8. The number of rotatable bonds is 44. The molecule has 0 bridgehead atoms. The maximum atomic E-state index is 12.8. The molecule has 9 nitrogen and oxygen atoms in total. The predicted molar refractivity (Wildman–Crippen MR) is 249 cm³/mol. The van der Waals surface area contributed by atoms with Gasteiger partial charge in [0.15, 0.2) is 6.29 Å². The van der Waals surface area contributed by atoms with Gasteiger partial charge in [0.2, 0.25) is 5.91 Å². The van der Waals surface area contributed by atoms with Crippen LogP contribution in [0.4, 0.5) is 0 Å². The number of hydrogen-bond acceptors (Lipinski definition) is 8. The highest BCUT2D eigenvalue weighted by atomic mass is 16.7. The van der Waals surface area contributed by atoms with Crippen LogP contribution in [0, 0.1) is 0 Å². The Morgan fingerprint density at radius 2 is 0.933 bits per heavy atom. The van der Waals surface area contributed by atoms with Crippen molar-refractivity contribution in [3.05, 3.63) is 12.2 Å². The third-order valence-corrected chi connectivity index (χ3v) is 12.6. The van der Waals surface area contributed by atoms with Crippen molar-refractivity contribution in [2.45, 2.75) is 294 Å². The molecule has 1 saturated heterocycles. The first-order valence-electron chi connectivity index (χ1n) is 25.9. The SMILES string of the molecule is CCCCCCCCCC/C=C\CCCCCCCCCCCCCCCCCCCCCCCC(=O)NC(COC1OC(CO)C(O)C(O)C1O)C(O)CCCCCC. The number of ether oxygens (including phenoxy) is 2. The largest absolute Gasteiger partial charge is 0.394 e. The van der Waals surface area contributed by atoms with Gasteiger partial charge in [0.1, 0.15) is 24.4 Å². The molecule has 0 aliphatic carbocycles. The van der Waals surface area contributed by atoms with E-state index in [2.05, 4.69) is 31.3 Å². The van der Waals surface area contributed by atoms with E-state index in [4.69, 9.17) is 9.47 Å². The van der Waals surface area contributed by atoms with Crippen LogP contribution in [-0.2, 0) is 14.3 Å². The summed E-state index contributed by atoms with van der Waals surface area (Å²) >= 11 is 0. The zero-order valence-electron chi connectivity index (χ0n) is 39.2. The molecule has 0 spiro atoms. The second kappa shape index (κ2) is 41.9. The first-order valence-corrected chi connectivity index (χ1v) is 25.9. The van der Waals surface area contributed by atoms with Gasteiger partial charge in [0.05, 0.1) is 25.4 Å². The third-order valence-electron chi connectivity index (χ3n) is 12.6. The summed E-state index contributed by atoms with van der Waals surface area (Å²) in [5, 5.41) is 53.8. The van der Waals surface area contributed by atoms with Crippen LogP contribution in [0.25, 0.3) is 0 Å². The molecule has 1 aliphatic heterocycles. The molecule has 1 amide bonds. The Hall–Kier alpha value is -1.07. The molecule has 1 aliphatic rings. The number of hydrogen-bond donors (Lipinski definition) is 6. The van der Waals surface area contributed by atoms with Crippen LogP contribution in [0.1, 0.15) is 251 Å². The fourth-order valence-corrected chi connectivity index (χ4v) is 8.45. The van der Waals surface area contributed by atoms with Crippen molar-refractivity contribution in [1.82, 2.24) is 5.32 Å². The first kappa shape index (κ1) is 56.9. The minimum atomic E-state index is -1.55. The lowest BCUT2D eigenvalue weighted by molar-refractivity contribution is -0.302. The van der Waals surface area contributed by atoms with Crippen LogP contribution < -0.4 is 5.32 Å². The molecule has 1 rings (SSSR count). The zero-order chi connectivity index (χ0) is 43.7. The zero-order valence-corrected chi connectivity index (χ0v) is 39.2. The molecule has 356 valence electrons. The van der Waals surface area contributed by atoms with Gasteiger partial charge < -0.3 is 40.3 Å². The Labute approximate surface area is 369 Å². The van der Waals surface area contributed by atoms with Gasteiger partial charge in [-0.3, -0.25) is 4.79 Å². The molecule has 0 aromatic carbocycles. The molecule has 7 atom stereocenters. The van der Waals surface area contributed by atoms with Crippen LogP contribution in [0.3, 0.4) is 0 Å². The number of nitrogens with one attached hydrogen (secondary N) is 1. The molecule has 0 saturated carbocycles. The van der Waals surface area contributed by atoms with E-state index < -0.39 is 49.5 Å². The van der Waals surface area contributed by atoms with E-state index in [1.807, 2.05) is 0 Å². The summed E-state index contributed by atoms with van der Waals surface area (Å²) in [4.78, 5) is 12.8. The van der Waals surface area contributed by atoms with E-state index >= 15 is 0 Å². The van der Waals surface area contributed by atoms with E-state index in [0.717, 1.165) is 44.9 Å². The van der Waals surface area contributed by atoms with Crippen molar-refractivity contribution in [2.75, 3.05) is 13.2 Å². The second-order valence-electron chi connectivity index (χ2n) is 18.3. The van der Waals surface area contributed by atoms with Crippen molar-refractivity contribution in [2.24, 2.45) is 0 Å². The monoisotopic (exact) mass is 854 g/mol. The lowest BCUT2D eigenvalue weighted by atomic mass is 9.99. The number of allylic oxidation sites excluding steroid dienone is 2. The normalized spacial score (nSPS) is 20.6. The molecule has 0 aromatic heterocycles. The highest BCUT2D eigenvalue weighted by molar-refractivity contribution is 5.76. The summed E-state index contributed by atoms with van der Waals surface area (Å²) in [6, 6.07) is -0.710. The van der Waals surface area contributed by atoms with E-state index in [1.165, 1.54) is 180 Å². The second-order valence-corrected chi connectivity index (χ2v) is 18.3. The van der Waals surface area contributed by atoms with Gasteiger partial charge in [-0.15, -0.1) is 0 Å². The van der Waals surface area contributed by atoms with Gasteiger partial charge in [-0.2, -0.15) is 0 Å². The Kier molecular flexibility index (Phi) is 39.8. The van der Waals surface area contributed by atoms with Crippen molar-refractivity contribution >= 4 is 5.91 Å². The highest BCUT2D eigenvalue weighted by Gasteiger charge is 2.44. The van der Waals surface area contributed by atoms with Crippen molar-refractivity contribution in [3.63, 3.8) is 0 Å². The molecule has 7 unspecified atom stereocenters. The Morgan fingerprint density at radius 3 is 1.35 bits per heavy atom. The average Bonchev–Trinajstić information content (AvgIpc) is 3.25. The van der Waals surface area contributed by atoms with Crippen LogP contribution in [-0.4, -0.2) is 87.5 Å². The fraction of sp³-hybridized carbons (Fsp3) is 0.941. The van der Waals surface area contributed by atoms with Crippen LogP contribution in [0.5, 0.6) is 0 Å². The molecule has 60 heavy (non-hydrogen) atoms. The van der Waals surface area contributed by atoms with E-state index in [9.17, 15) is 30.3 Å². The van der Waals surface area contributed by atoms with E-state index in [0.29, 0.717) is 12.8 Å². The van der Waals surface area contributed by atoms with Gasteiger partial charge in [-0.05, 0) is 38.5 Å². The van der Waals surface area contributed by atoms with Crippen molar-refractivity contribution < 1.29 is 39.8 Å². The van der Waals surface area contributed by atoms with Gasteiger partial charge >= 0.3 is 0 Å². The Morgan fingerprint density at radius 1 is 0.550 bits per heavy atom. The summed E-state index contributed by atoms with van der Waals surface area (Å²) in [5.41, 5.74) is 0. The maximum absolute atomic E-state index is 12.8. The van der Waals surface area contributed by atoms with E-state index in [-0.39, 0.29) is 12.5 Å². The lowest BCUT2D eigenvalue weighted by Gasteiger charge is -2.40. The summed E-state index contributed by atoms with van der Waals surface area (Å²) in [5.74, 6) is -0.149. The minimum Gasteiger partial charge on any atom is -0.394 e. The van der Waals surface area contributed by atoms with Gasteiger partial charge in [-0.1, -0.05) is 219 Å². The summed E-state index contributed by atoms with van der Waals surface area (Å²) in [7, 11) is 0. The molecule has 9 heteroatoms. The number of aliphatic hydroxyl groups is 5. The highest BCUT2D eigenvalue weighted by Crippen LogP contribution is 2.23. The average molecular weight is 854 g/mol. The van der Waals surface area contributed by atoms with Gasteiger partial charge in [-0.25, -0.2) is 0 Å². The number of unbranched alkanes of at least 4 members (excludes halogenated alkanes) is 32. The first-order chi connectivity index (χ1) is 29.3. The number of carbonyl (C=O) groups is 1. The van der Waals surface area contributed by atoms with Gasteiger partial charge in [0.25, 0.3) is 0 Å². The summed E-state index contributed by atoms with van der Waals surface area (Å²) in [6.07, 6.45) is 43.4. The third kappa shape index (κ3) is 31.7. The number of carbonyl (C=O) groups excluding carboxylic acids is 1. The molecule has 6 N–H and O–H groups in total. The maximum Gasteiger partial charge on any atom is 0.220 e. The van der Waals surface area contributed by atoms with Crippen LogP contribution in [0.15, 0.2) is 12.2 Å². The number of aliphatic hydroxyl groups excluding tert-OH is 5. The van der Waals surface area contributed by atoms with Crippen LogP contribution >= 0.6 is 0 Å². The molecule has 1 fully saturated rings. The topological polar surface area (TPSA) is 149 Å². The van der Waals surface area contributed by atoms with Crippen molar-refractivity contribution in [3.8, 4) is 0 Å². The standard InChI is InChI=1S/C51H99NO8/c1-3-5-7-9-10-11-12-13-14-15-16-17-18-19-20-21-22-23-24-25-26-27-28-29-30-31-32-33-34-35-36-37-39-41-47(55)52-44(45(54)40-38-8-6-4-2)43-59-51-50(58)49(57)48(56)46(42-53)60-51/h15-16,44-46,48-51,53-54,56-58H,3-14,17-43H2,1-2H3,(H,52,55)/b16-15-. The quantitative estimate of drug-likeness (QED) is 0.0262. The van der Waals surface area contributed by atoms with Gasteiger partial charge in [0, 0.05) is 6.42 Å². The van der Waals surface area contributed by atoms with Crippen LogP contribution in [0.2, 0.25) is 0 Å². The predicted octanol–water partition coefficient (Wildman–Crippen LogP) is 11.7. The fourth-order valence-electron chi connectivity index (χ4n) is 8.45. The van der Waals surface area contributed by atoms with Crippen molar-refractivity contribution in [1.29, 1.82) is 0 Å². The lowest BCUT2D eigenvalue weighted by Crippen LogP contribution is -2.60. The number of amides is 1. The Bertz CT molecular complexity index is 950. The molecule has 0 radical (unpaired) electrons. The molecule has 1 heterocycles. The summed E-state index contributed by atoms with van der Waals surface area (Å²) in [6.45, 7) is 3.72. The summed E-state index contributed by atoms with van der Waals surface area (Å²) < 4.78 is 11.1. The Balaban J connectivity index is 1.96. The minimum absolute atomic E-state index is 0.137. The molecule has 0 aromatic rings.